The summed E-state index contributed by atoms with van der Waals surface area (Å²) in [7, 11) is 1.97. The van der Waals surface area contributed by atoms with Crippen molar-refractivity contribution < 1.29 is 4.79 Å². The van der Waals surface area contributed by atoms with Crippen LogP contribution in [-0.2, 0) is 26.4 Å². The van der Waals surface area contributed by atoms with Gasteiger partial charge in [0.15, 0.2) is 5.69 Å². The molecule has 1 saturated heterocycles. The zero-order valence-electron chi connectivity index (χ0n) is 14.5. The fourth-order valence-electron chi connectivity index (χ4n) is 3.87. The quantitative estimate of drug-likeness (QED) is 0.890. The van der Waals surface area contributed by atoms with Crippen LogP contribution in [0.3, 0.4) is 0 Å². The van der Waals surface area contributed by atoms with Crippen molar-refractivity contribution in [3.63, 3.8) is 0 Å². The van der Waals surface area contributed by atoms with E-state index in [1.165, 1.54) is 47.2 Å². The third kappa shape index (κ3) is 3.64. The van der Waals surface area contributed by atoms with Crippen LogP contribution in [0.2, 0.25) is 0 Å². The highest BCUT2D eigenvalue weighted by Crippen LogP contribution is 2.28. The van der Waals surface area contributed by atoms with Crippen LogP contribution in [0.1, 0.15) is 33.0 Å². The lowest BCUT2D eigenvalue weighted by Gasteiger charge is -2.36. The monoisotopic (exact) mass is 376 g/mol. The summed E-state index contributed by atoms with van der Waals surface area (Å²) in [5.74, 6) is 2.41. The van der Waals surface area contributed by atoms with Gasteiger partial charge in [-0.15, -0.1) is 11.3 Å². The van der Waals surface area contributed by atoms with Crippen LogP contribution >= 0.6 is 23.1 Å². The summed E-state index contributed by atoms with van der Waals surface area (Å²) in [5, 5.41) is 9.63. The molecule has 0 saturated carbocycles. The van der Waals surface area contributed by atoms with E-state index in [2.05, 4.69) is 15.3 Å². The minimum absolute atomic E-state index is 0.0416. The molecular weight excluding hydrogens is 352 g/mol. The SMILES string of the molecule is Cn1nc(C(=O)NCc2cccs2)c2c1CCC(N1CCSCC1)C2. The largest absolute Gasteiger partial charge is 0.346 e. The Kier molecular flexibility index (Phi) is 5.15. The first-order valence-electron chi connectivity index (χ1n) is 8.89. The molecule has 25 heavy (non-hydrogen) atoms. The van der Waals surface area contributed by atoms with E-state index >= 15 is 0 Å². The van der Waals surface area contributed by atoms with Gasteiger partial charge in [-0.3, -0.25) is 14.4 Å². The highest BCUT2D eigenvalue weighted by Gasteiger charge is 2.31. The maximum absolute atomic E-state index is 12.7. The van der Waals surface area contributed by atoms with E-state index in [1.807, 2.05) is 41.0 Å². The van der Waals surface area contributed by atoms with Crippen LogP contribution in [0.5, 0.6) is 0 Å². The number of aryl methyl sites for hydroxylation is 1. The second-order valence-corrected chi connectivity index (χ2v) is 8.96. The summed E-state index contributed by atoms with van der Waals surface area (Å²) < 4.78 is 1.91. The van der Waals surface area contributed by atoms with E-state index in [-0.39, 0.29) is 5.91 Å². The summed E-state index contributed by atoms with van der Waals surface area (Å²) in [6.07, 6.45) is 3.15. The van der Waals surface area contributed by atoms with Crippen LogP contribution in [-0.4, -0.2) is 51.2 Å². The van der Waals surface area contributed by atoms with Gasteiger partial charge in [-0.1, -0.05) is 6.07 Å². The fourth-order valence-corrected chi connectivity index (χ4v) is 5.45. The Balaban J connectivity index is 1.49. The molecule has 3 heterocycles. The van der Waals surface area contributed by atoms with Gasteiger partial charge in [0.2, 0.25) is 0 Å². The molecule has 1 N–H and O–H groups in total. The number of thioether (sulfide) groups is 1. The number of rotatable bonds is 4. The normalized spacial score (nSPS) is 21.1. The summed E-state index contributed by atoms with van der Waals surface area (Å²) in [6, 6.07) is 4.61. The Morgan fingerprint density at radius 2 is 2.24 bits per heavy atom. The Bertz CT molecular complexity index is 735. The van der Waals surface area contributed by atoms with Gasteiger partial charge in [-0.2, -0.15) is 16.9 Å². The number of thiophene rings is 1. The molecule has 1 fully saturated rings. The van der Waals surface area contributed by atoms with Gasteiger partial charge in [0.1, 0.15) is 0 Å². The first-order valence-corrected chi connectivity index (χ1v) is 10.9. The summed E-state index contributed by atoms with van der Waals surface area (Å²) >= 11 is 3.71. The number of aromatic nitrogens is 2. The molecule has 1 amide bonds. The maximum Gasteiger partial charge on any atom is 0.272 e. The Morgan fingerprint density at radius 1 is 1.40 bits per heavy atom. The predicted molar refractivity (Wildman–Crippen MR) is 103 cm³/mol. The lowest BCUT2D eigenvalue weighted by molar-refractivity contribution is 0.0944. The standard InChI is InChI=1S/C18H24N4OS2/c1-21-16-5-4-13(22-6-9-24-10-7-22)11-15(16)17(20-21)18(23)19-12-14-3-2-8-25-14/h2-3,8,13H,4-7,9-12H2,1H3,(H,19,23). The van der Waals surface area contributed by atoms with Gasteiger partial charge in [-0.25, -0.2) is 0 Å². The maximum atomic E-state index is 12.7. The summed E-state index contributed by atoms with van der Waals surface area (Å²) in [5.41, 5.74) is 3.04. The van der Waals surface area contributed by atoms with E-state index in [9.17, 15) is 4.79 Å². The van der Waals surface area contributed by atoms with Gasteiger partial charge in [0, 0.05) is 53.8 Å². The molecule has 2 aromatic heterocycles. The average Bonchev–Trinajstić information content (AvgIpc) is 3.28. The summed E-state index contributed by atoms with van der Waals surface area (Å²) in [4.78, 5) is 16.5. The van der Waals surface area contributed by atoms with Gasteiger partial charge < -0.3 is 5.32 Å². The van der Waals surface area contributed by atoms with E-state index in [0.717, 1.165) is 12.8 Å². The van der Waals surface area contributed by atoms with Crippen molar-refractivity contribution in [3.05, 3.63) is 39.3 Å². The lowest BCUT2D eigenvalue weighted by atomic mass is 9.90. The smallest absolute Gasteiger partial charge is 0.272 e. The number of nitrogens with one attached hydrogen (secondary N) is 1. The molecule has 0 radical (unpaired) electrons. The Hall–Kier alpha value is -1.31. The van der Waals surface area contributed by atoms with Crippen LogP contribution in [0.15, 0.2) is 17.5 Å². The second-order valence-electron chi connectivity index (χ2n) is 6.70. The third-order valence-corrected chi connectivity index (χ3v) is 7.03. The average molecular weight is 377 g/mol. The zero-order valence-corrected chi connectivity index (χ0v) is 16.2. The number of fused-ring (bicyclic) bond motifs is 1. The van der Waals surface area contributed by atoms with Gasteiger partial charge in [-0.05, 0) is 30.7 Å². The molecule has 2 aliphatic rings. The van der Waals surface area contributed by atoms with Crippen LogP contribution < -0.4 is 5.32 Å². The predicted octanol–water partition coefficient (Wildman–Crippen LogP) is 2.32. The van der Waals surface area contributed by atoms with E-state index in [1.54, 1.807) is 11.3 Å². The first-order chi connectivity index (χ1) is 12.2. The lowest BCUT2D eigenvalue weighted by Crippen LogP contribution is -2.44. The van der Waals surface area contributed by atoms with Crippen molar-refractivity contribution in [3.8, 4) is 0 Å². The number of amides is 1. The molecule has 0 bridgehead atoms. The van der Waals surface area contributed by atoms with Crippen molar-refractivity contribution in [1.29, 1.82) is 0 Å². The topological polar surface area (TPSA) is 50.2 Å². The Morgan fingerprint density at radius 3 is 3.00 bits per heavy atom. The molecule has 1 atom stereocenters. The highest BCUT2D eigenvalue weighted by atomic mass is 32.2. The molecule has 5 nitrogen and oxygen atoms in total. The molecule has 1 aliphatic heterocycles. The minimum atomic E-state index is -0.0416. The molecule has 4 rings (SSSR count). The van der Waals surface area contributed by atoms with E-state index < -0.39 is 0 Å². The van der Waals surface area contributed by atoms with Crippen LogP contribution in [0, 0.1) is 0 Å². The van der Waals surface area contributed by atoms with Crippen molar-refractivity contribution in [2.45, 2.75) is 31.8 Å². The zero-order chi connectivity index (χ0) is 17.2. The van der Waals surface area contributed by atoms with Crippen molar-refractivity contribution in [2.75, 3.05) is 24.6 Å². The van der Waals surface area contributed by atoms with Crippen LogP contribution in [0.25, 0.3) is 0 Å². The second kappa shape index (κ2) is 7.51. The van der Waals surface area contributed by atoms with Crippen LogP contribution in [0.4, 0.5) is 0 Å². The number of carbonyl (C=O) groups excluding carboxylic acids is 1. The van der Waals surface area contributed by atoms with Crippen molar-refractivity contribution in [1.82, 2.24) is 20.0 Å². The molecular formula is C18H24N4OS2. The van der Waals surface area contributed by atoms with Crippen molar-refractivity contribution >= 4 is 29.0 Å². The molecule has 2 aromatic rings. The van der Waals surface area contributed by atoms with Crippen molar-refractivity contribution in [2.24, 2.45) is 7.05 Å². The molecule has 0 spiro atoms. The first kappa shape index (κ1) is 17.1. The number of carbonyl (C=O) groups is 1. The fraction of sp³-hybridized carbons (Fsp3) is 0.556. The van der Waals surface area contributed by atoms with E-state index in [0.29, 0.717) is 18.3 Å². The third-order valence-electron chi connectivity index (χ3n) is 5.21. The Labute approximate surface area is 156 Å². The molecule has 1 unspecified atom stereocenters. The number of hydrogen-bond acceptors (Lipinski definition) is 5. The molecule has 1 aliphatic carbocycles. The molecule has 0 aromatic carbocycles. The highest BCUT2D eigenvalue weighted by molar-refractivity contribution is 7.99. The minimum Gasteiger partial charge on any atom is -0.346 e. The van der Waals surface area contributed by atoms with Gasteiger partial charge >= 0.3 is 0 Å². The van der Waals surface area contributed by atoms with Gasteiger partial charge in [0.05, 0.1) is 6.54 Å². The molecule has 7 heteroatoms. The number of nitrogens with zero attached hydrogens (tertiary/aromatic N) is 3. The molecule has 134 valence electrons. The van der Waals surface area contributed by atoms with Gasteiger partial charge in [0.25, 0.3) is 5.91 Å². The van der Waals surface area contributed by atoms with E-state index in [4.69, 9.17) is 0 Å². The summed E-state index contributed by atoms with van der Waals surface area (Å²) in [6.45, 7) is 2.92. The number of hydrogen-bond donors (Lipinski definition) is 1.